The highest BCUT2D eigenvalue weighted by Crippen LogP contribution is 2.28. The van der Waals surface area contributed by atoms with E-state index >= 15 is 0 Å². The molecule has 1 unspecified atom stereocenters. The van der Waals surface area contributed by atoms with Crippen molar-refractivity contribution in [1.82, 2.24) is 15.1 Å². The molecule has 1 aliphatic carbocycles. The van der Waals surface area contributed by atoms with E-state index in [4.69, 9.17) is 0 Å². The van der Waals surface area contributed by atoms with Crippen LogP contribution in [0.1, 0.15) is 46.5 Å². The van der Waals surface area contributed by atoms with Crippen LogP contribution in [0.2, 0.25) is 0 Å². The molecular weight excluding hydrogens is 246 g/mol. The second-order valence-corrected chi connectivity index (χ2v) is 7.20. The Hall–Kier alpha value is -0.120. The molecule has 0 aromatic rings. The van der Waals surface area contributed by atoms with Gasteiger partial charge in [0.1, 0.15) is 0 Å². The van der Waals surface area contributed by atoms with Gasteiger partial charge in [0.15, 0.2) is 0 Å². The smallest absolute Gasteiger partial charge is 0.0223 e. The first-order valence-corrected chi connectivity index (χ1v) is 8.87. The number of piperazine rings is 1. The van der Waals surface area contributed by atoms with E-state index in [-0.39, 0.29) is 0 Å². The summed E-state index contributed by atoms with van der Waals surface area (Å²) in [6, 6.07) is 0.735. The third kappa shape index (κ3) is 5.01. The Labute approximate surface area is 126 Å². The summed E-state index contributed by atoms with van der Waals surface area (Å²) in [5.41, 5.74) is 0. The summed E-state index contributed by atoms with van der Waals surface area (Å²) in [7, 11) is 0. The van der Waals surface area contributed by atoms with Crippen molar-refractivity contribution in [1.29, 1.82) is 0 Å². The number of nitrogens with zero attached hydrogens (tertiary/aromatic N) is 2. The van der Waals surface area contributed by atoms with Crippen LogP contribution in [0.25, 0.3) is 0 Å². The van der Waals surface area contributed by atoms with E-state index in [1.807, 2.05) is 0 Å². The summed E-state index contributed by atoms with van der Waals surface area (Å²) >= 11 is 0. The van der Waals surface area contributed by atoms with E-state index in [0.717, 1.165) is 24.4 Å². The molecule has 1 aliphatic heterocycles. The van der Waals surface area contributed by atoms with Crippen molar-refractivity contribution in [3.63, 3.8) is 0 Å². The van der Waals surface area contributed by atoms with Gasteiger partial charge in [-0.25, -0.2) is 0 Å². The van der Waals surface area contributed by atoms with E-state index in [2.05, 4.69) is 35.9 Å². The molecule has 0 spiro atoms. The van der Waals surface area contributed by atoms with Crippen molar-refractivity contribution >= 4 is 0 Å². The summed E-state index contributed by atoms with van der Waals surface area (Å²) in [5.74, 6) is 1.73. The van der Waals surface area contributed by atoms with E-state index in [1.165, 1.54) is 65.0 Å². The molecule has 118 valence electrons. The van der Waals surface area contributed by atoms with Crippen molar-refractivity contribution in [3.05, 3.63) is 0 Å². The highest BCUT2D eigenvalue weighted by Gasteiger charge is 2.27. The van der Waals surface area contributed by atoms with Crippen molar-refractivity contribution in [2.24, 2.45) is 11.8 Å². The minimum atomic E-state index is 0.735. The molecule has 1 saturated carbocycles. The highest BCUT2D eigenvalue weighted by atomic mass is 15.3. The fourth-order valence-corrected chi connectivity index (χ4v) is 3.95. The molecule has 1 N–H and O–H groups in total. The predicted molar refractivity (Wildman–Crippen MR) is 87.1 cm³/mol. The Balaban J connectivity index is 1.74. The van der Waals surface area contributed by atoms with Crippen molar-refractivity contribution in [2.45, 2.75) is 52.5 Å². The molecule has 20 heavy (non-hydrogen) atoms. The number of hydrogen-bond donors (Lipinski definition) is 1. The standard InChI is InChI=1S/C17H35N3/c1-4-18-17(16-7-5-6-8-16)14-20-11-9-19(10-12-20)13-15(2)3/h15-18H,4-14H2,1-3H3. The lowest BCUT2D eigenvalue weighted by Crippen LogP contribution is -2.52. The molecular formula is C17H35N3. The number of hydrogen-bond acceptors (Lipinski definition) is 3. The monoisotopic (exact) mass is 281 g/mol. The lowest BCUT2D eigenvalue weighted by molar-refractivity contribution is 0.106. The second-order valence-electron chi connectivity index (χ2n) is 7.20. The summed E-state index contributed by atoms with van der Waals surface area (Å²) < 4.78 is 0. The molecule has 2 rings (SSSR count). The van der Waals surface area contributed by atoms with Crippen molar-refractivity contribution in [2.75, 3.05) is 45.8 Å². The maximum Gasteiger partial charge on any atom is 0.0223 e. The Morgan fingerprint density at radius 3 is 2.00 bits per heavy atom. The molecule has 3 heteroatoms. The van der Waals surface area contributed by atoms with Crippen LogP contribution in [-0.2, 0) is 0 Å². The molecule has 1 heterocycles. The lowest BCUT2D eigenvalue weighted by Gasteiger charge is -2.38. The maximum absolute atomic E-state index is 3.76. The minimum absolute atomic E-state index is 0.735. The highest BCUT2D eigenvalue weighted by molar-refractivity contribution is 4.84. The topological polar surface area (TPSA) is 18.5 Å². The van der Waals surface area contributed by atoms with Crippen molar-refractivity contribution < 1.29 is 0 Å². The molecule has 1 atom stereocenters. The summed E-state index contributed by atoms with van der Waals surface area (Å²) in [6.07, 6.45) is 5.80. The molecule has 0 aromatic carbocycles. The molecule has 0 radical (unpaired) electrons. The fraction of sp³-hybridized carbons (Fsp3) is 1.00. The van der Waals surface area contributed by atoms with Gasteiger partial charge >= 0.3 is 0 Å². The van der Waals surface area contributed by atoms with Gasteiger partial charge in [-0.3, -0.25) is 4.90 Å². The zero-order chi connectivity index (χ0) is 14.4. The number of rotatable bonds is 7. The Morgan fingerprint density at radius 2 is 1.50 bits per heavy atom. The molecule has 0 amide bonds. The summed E-state index contributed by atoms with van der Waals surface area (Å²) in [4.78, 5) is 5.33. The van der Waals surface area contributed by atoms with Gasteiger partial charge in [0, 0.05) is 45.3 Å². The minimum Gasteiger partial charge on any atom is -0.313 e. The zero-order valence-electron chi connectivity index (χ0n) is 13.9. The number of likely N-dealkylation sites (N-methyl/N-ethyl adjacent to an activating group) is 1. The quantitative estimate of drug-likeness (QED) is 0.773. The Kier molecular flexibility index (Phi) is 6.79. The van der Waals surface area contributed by atoms with Gasteiger partial charge < -0.3 is 10.2 Å². The Morgan fingerprint density at radius 1 is 0.950 bits per heavy atom. The van der Waals surface area contributed by atoms with E-state index in [1.54, 1.807) is 0 Å². The average molecular weight is 281 g/mol. The van der Waals surface area contributed by atoms with Crippen LogP contribution in [0, 0.1) is 11.8 Å². The Bertz CT molecular complexity index is 253. The first kappa shape index (κ1) is 16.3. The zero-order valence-corrected chi connectivity index (χ0v) is 13.9. The molecule has 0 aromatic heterocycles. The number of nitrogens with one attached hydrogen (secondary N) is 1. The van der Waals surface area contributed by atoms with Gasteiger partial charge in [-0.15, -0.1) is 0 Å². The SMILES string of the molecule is CCNC(CN1CCN(CC(C)C)CC1)C1CCCC1. The average Bonchev–Trinajstić information content (AvgIpc) is 2.94. The normalized spacial score (nSPS) is 24.6. The van der Waals surface area contributed by atoms with Gasteiger partial charge in [0.25, 0.3) is 0 Å². The van der Waals surface area contributed by atoms with Crippen LogP contribution >= 0.6 is 0 Å². The van der Waals surface area contributed by atoms with Crippen LogP contribution in [0.4, 0.5) is 0 Å². The molecule has 0 bridgehead atoms. The van der Waals surface area contributed by atoms with Gasteiger partial charge in [-0.05, 0) is 31.2 Å². The first-order chi connectivity index (χ1) is 9.69. The summed E-state index contributed by atoms with van der Waals surface area (Å²) in [6.45, 7) is 15.6. The molecule has 2 aliphatic rings. The third-order valence-corrected chi connectivity index (χ3v) is 4.98. The van der Waals surface area contributed by atoms with E-state index in [9.17, 15) is 0 Å². The lowest BCUT2D eigenvalue weighted by atomic mass is 9.97. The van der Waals surface area contributed by atoms with Crippen LogP contribution in [0.5, 0.6) is 0 Å². The van der Waals surface area contributed by atoms with Crippen LogP contribution in [-0.4, -0.2) is 61.7 Å². The fourth-order valence-electron chi connectivity index (χ4n) is 3.95. The molecule has 2 fully saturated rings. The summed E-state index contributed by atoms with van der Waals surface area (Å²) in [5, 5.41) is 3.76. The largest absolute Gasteiger partial charge is 0.313 e. The van der Waals surface area contributed by atoms with Gasteiger partial charge in [-0.2, -0.15) is 0 Å². The van der Waals surface area contributed by atoms with Crippen LogP contribution in [0.15, 0.2) is 0 Å². The molecule has 3 nitrogen and oxygen atoms in total. The maximum atomic E-state index is 3.76. The first-order valence-electron chi connectivity index (χ1n) is 8.87. The van der Waals surface area contributed by atoms with Crippen LogP contribution < -0.4 is 5.32 Å². The van der Waals surface area contributed by atoms with Gasteiger partial charge in [0.2, 0.25) is 0 Å². The van der Waals surface area contributed by atoms with E-state index < -0.39 is 0 Å². The molecule has 1 saturated heterocycles. The van der Waals surface area contributed by atoms with Gasteiger partial charge in [-0.1, -0.05) is 33.6 Å². The predicted octanol–water partition coefficient (Wildman–Crippen LogP) is 2.43. The third-order valence-electron chi connectivity index (χ3n) is 4.98. The van der Waals surface area contributed by atoms with E-state index in [0.29, 0.717) is 0 Å². The van der Waals surface area contributed by atoms with Crippen molar-refractivity contribution in [3.8, 4) is 0 Å². The van der Waals surface area contributed by atoms with Crippen LogP contribution in [0.3, 0.4) is 0 Å². The van der Waals surface area contributed by atoms with Gasteiger partial charge in [0.05, 0.1) is 0 Å². The second kappa shape index (κ2) is 8.35.